The van der Waals surface area contributed by atoms with E-state index in [1.165, 1.54) is 12.8 Å². The molecular formula is C15H26N2O3. The van der Waals surface area contributed by atoms with E-state index in [-0.39, 0.29) is 12.5 Å². The van der Waals surface area contributed by atoms with Gasteiger partial charge in [-0.25, -0.2) is 4.79 Å². The van der Waals surface area contributed by atoms with E-state index < -0.39 is 11.5 Å². The van der Waals surface area contributed by atoms with Gasteiger partial charge < -0.3 is 15.3 Å². The van der Waals surface area contributed by atoms with Crippen molar-refractivity contribution in [3.05, 3.63) is 0 Å². The van der Waals surface area contributed by atoms with E-state index in [4.69, 9.17) is 5.11 Å². The molecule has 114 valence electrons. The Morgan fingerprint density at radius 3 is 2.40 bits per heavy atom. The van der Waals surface area contributed by atoms with Crippen molar-refractivity contribution < 1.29 is 14.7 Å². The van der Waals surface area contributed by atoms with Crippen molar-refractivity contribution in [2.45, 2.75) is 63.8 Å². The molecule has 1 saturated carbocycles. The minimum Gasteiger partial charge on any atom is -0.481 e. The van der Waals surface area contributed by atoms with Crippen molar-refractivity contribution in [1.82, 2.24) is 10.2 Å². The zero-order valence-corrected chi connectivity index (χ0v) is 12.4. The van der Waals surface area contributed by atoms with Crippen LogP contribution in [0.3, 0.4) is 0 Å². The molecule has 2 rings (SSSR count). The second kappa shape index (κ2) is 6.46. The number of carbonyl (C=O) groups is 2. The summed E-state index contributed by atoms with van der Waals surface area (Å²) in [5.41, 5.74) is -0.483. The first-order valence-electron chi connectivity index (χ1n) is 7.83. The number of urea groups is 1. The average molecular weight is 282 g/mol. The van der Waals surface area contributed by atoms with Crippen molar-refractivity contribution in [1.29, 1.82) is 0 Å². The van der Waals surface area contributed by atoms with Crippen LogP contribution >= 0.6 is 0 Å². The summed E-state index contributed by atoms with van der Waals surface area (Å²) in [6.45, 7) is 3.81. The van der Waals surface area contributed by atoms with Gasteiger partial charge in [0.05, 0.1) is 12.0 Å². The molecule has 2 N–H and O–H groups in total. The van der Waals surface area contributed by atoms with Gasteiger partial charge in [-0.15, -0.1) is 0 Å². The van der Waals surface area contributed by atoms with E-state index >= 15 is 0 Å². The van der Waals surface area contributed by atoms with Gasteiger partial charge in [0.25, 0.3) is 0 Å². The Morgan fingerprint density at radius 1 is 1.30 bits per heavy atom. The molecule has 5 nitrogen and oxygen atoms in total. The summed E-state index contributed by atoms with van der Waals surface area (Å²) in [4.78, 5) is 25.0. The lowest BCUT2D eigenvalue weighted by Crippen LogP contribution is -2.58. The van der Waals surface area contributed by atoms with Crippen LogP contribution in [-0.4, -0.2) is 40.6 Å². The van der Waals surface area contributed by atoms with Gasteiger partial charge in [0.15, 0.2) is 0 Å². The quantitative estimate of drug-likeness (QED) is 0.814. The average Bonchev–Trinajstić information content (AvgIpc) is 2.36. The second-order valence-corrected chi connectivity index (χ2v) is 6.35. The Hall–Kier alpha value is -1.26. The smallest absolute Gasteiger partial charge is 0.317 e. The third kappa shape index (κ3) is 3.64. The normalized spacial score (nSPS) is 22.1. The molecule has 0 radical (unpaired) electrons. The predicted octanol–water partition coefficient (Wildman–Crippen LogP) is 2.61. The summed E-state index contributed by atoms with van der Waals surface area (Å²) in [6, 6.07) is -0.0686. The number of aliphatic carboxylic acids is 1. The minimum absolute atomic E-state index is 0.0467. The van der Waals surface area contributed by atoms with Gasteiger partial charge in [0.1, 0.15) is 0 Å². The van der Waals surface area contributed by atoms with Crippen molar-refractivity contribution in [3.63, 3.8) is 0 Å². The molecule has 0 aromatic rings. The zero-order chi connectivity index (χ0) is 14.6. The molecule has 5 heteroatoms. The fraction of sp³-hybridized carbons (Fsp3) is 0.867. The summed E-state index contributed by atoms with van der Waals surface area (Å²) in [5.74, 6) is -0.0765. The molecule has 0 aromatic heterocycles. The summed E-state index contributed by atoms with van der Waals surface area (Å²) in [7, 11) is 0. The highest BCUT2D eigenvalue weighted by Crippen LogP contribution is 2.35. The van der Waals surface area contributed by atoms with E-state index in [1.54, 1.807) is 0 Å². The van der Waals surface area contributed by atoms with Crippen molar-refractivity contribution in [2.75, 3.05) is 13.1 Å². The fourth-order valence-electron chi connectivity index (χ4n) is 3.38. The summed E-state index contributed by atoms with van der Waals surface area (Å²) in [5, 5.41) is 12.0. The van der Waals surface area contributed by atoms with Crippen LogP contribution < -0.4 is 5.32 Å². The summed E-state index contributed by atoms with van der Waals surface area (Å²) in [6.07, 6.45) is 7.24. The molecule has 0 spiro atoms. The van der Waals surface area contributed by atoms with Crippen LogP contribution in [0.4, 0.5) is 4.79 Å². The number of amides is 2. The first-order chi connectivity index (χ1) is 9.54. The standard InChI is InChI=1S/C15H26N2O3/c1-2-4-12-5-9-17(10-6-12)14(20)16-15(7-3-8-15)11-13(18)19/h12H,2-11H2,1H3,(H,16,20)(H,18,19). The maximum Gasteiger partial charge on any atom is 0.317 e. The number of carbonyl (C=O) groups excluding carboxylic acids is 1. The van der Waals surface area contributed by atoms with Gasteiger partial charge in [0, 0.05) is 13.1 Å². The van der Waals surface area contributed by atoms with Crippen LogP contribution in [0.2, 0.25) is 0 Å². The lowest BCUT2D eigenvalue weighted by Gasteiger charge is -2.43. The van der Waals surface area contributed by atoms with Gasteiger partial charge in [-0.2, -0.15) is 0 Å². The lowest BCUT2D eigenvalue weighted by atomic mass is 9.74. The summed E-state index contributed by atoms with van der Waals surface area (Å²) >= 11 is 0. The molecule has 1 aliphatic carbocycles. The Balaban J connectivity index is 1.81. The Morgan fingerprint density at radius 2 is 1.95 bits per heavy atom. The van der Waals surface area contributed by atoms with Gasteiger partial charge in [-0.3, -0.25) is 4.79 Å². The van der Waals surface area contributed by atoms with Crippen LogP contribution in [0, 0.1) is 5.92 Å². The molecule has 20 heavy (non-hydrogen) atoms. The SMILES string of the molecule is CCCC1CCN(C(=O)NC2(CC(=O)O)CCC2)CC1. The number of carboxylic acids is 1. The Bertz CT molecular complexity index is 358. The van der Waals surface area contributed by atoms with Gasteiger partial charge in [-0.05, 0) is 38.0 Å². The van der Waals surface area contributed by atoms with E-state index in [2.05, 4.69) is 12.2 Å². The molecule has 1 aliphatic heterocycles. The number of piperidine rings is 1. The highest BCUT2D eigenvalue weighted by molar-refractivity contribution is 5.77. The number of hydrogen-bond acceptors (Lipinski definition) is 2. The van der Waals surface area contributed by atoms with E-state index in [0.29, 0.717) is 0 Å². The van der Waals surface area contributed by atoms with Crippen LogP contribution in [0.15, 0.2) is 0 Å². The molecule has 1 heterocycles. The Labute approximate surface area is 120 Å². The molecular weight excluding hydrogens is 256 g/mol. The number of nitrogens with zero attached hydrogens (tertiary/aromatic N) is 1. The largest absolute Gasteiger partial charge is 0.481 e. The number of likely N-dealkylation sites (tertiary alicyclic amines) is 1. The molecule has 2 aliphatic rings. The monoisotopic (exact) mass is 282 g/mol. The third-order valence-corrected chi connectivity index (χ3v) is 4.77. The van der Waals surface area contributed by atoms with Crippen LogP contribution in [0.5, 0.6) is 0 Å². The van der Waals surface area contributed by atoms with Crippen molar-refractivity contribution in [3.8, 4) is 0 Å². The van der Waals surface area contributed by atoms with Crippen molar-refractivity contribution >= 4 is 12.0 Å². The first kappa shape index (κ1) is 15.1. The van der Waals surface area contributed by atoms with Crippen LogP contribution in [0.1, 0.15) is 58.3 Å². The topological polar surface area (TPSA) is 69.6 Å². The maximum absolute atomic E-state index is 12.3. The number of nitrogens with one attached hydrogen (secondary N) is 1. The second-order valence-electron chi connectivity index (χ2n) is 6.35. The van der Waals surface area contributed by atoms with E-state index in [0.717, 1.165) is 51.1 Å². The highest BCUT2D eigenvalue weighted by Gasteiger charge is 2.41. The van der Waals surface area contributed by atoms with Gasteiger partial charge in [0.2, 0.25) is 0 Å². The molecule has 0 unspecified atom stereocenters. The van der Waals surface area contributed by atoms with Crippen LogP contribution in [0.25, 0.3) is 0 Å². The molecule has 1 saturated heterocycles. The van der Waals surface area contributed by atoms with E-state index in [1.807, 2.05) is 4.90 Å². The van der Waals surface area contributed by atoms with Crippen LogP contribution in [-0.2, 0) is 4.79 Å². The summed E-state index contributed by atoms with van der Waals surface area (Å²) < 4.78 is 0. The lowest BCUT2D eigenvalue weighted by molar-refractivity contribution is -0.139. The number of hydrogen-bond donors (Lipinski definition) is 2. The molecule has 0 aromatic carbocycles. The molecule has 2 fully saturated rings. The third-order valence-electron chi connectivity index (χ3n) is 4.77. The predicted molar refractivity (Wildman–Crippen MR) is 76.6 cm³/mol. The number of rotatable bonds is 5. The maximum atomic E-state index is 12.3. The minimum atomic E-state index is -0.827. The highest BCUT2D eigenvalue weighted by atomic mass is 16.4. The molecule has 0 bridgehead atoms. The Kier molecular flexibility index (Phi) is 4.89. The first-order valence-corrected chi connectivity index (χ1v) is 7.83. The fourth-order valence-corrected chi connectivity index (χ4v) is 3.38. The van der Waals surface area contributed by atoms with Gasteiger partial charge >= 0.3 is 12.0 Å². The van der Waals surface area contributed by atoms with Gasteiger partial charge in [-0.1, -0.05) is 19.8 Å². The molecule has 0 atom stereocenters. The van der Waals surface area contributed by atoms with E-state index in [9.17, 15) is 9.59 Å². The zero-order valence-electron chi connectivity index (χ0n) is 12.4. The molecule has 2 amide bonds. The van der Waals surface area contributed by atoms with Crippen molar-refractivity contribution in [2.24, 2.45) is 5.92 Å². The number of carboxylic acid groups (broad SMARTS) is 1.